The summed E-state index contributed by atoms with van der Waals surface area (Å²) >= 11 is 1.27. The lowest BCUT2D eigenvalue weighted by atomic mass is 10.1. The lowest BCUT2D eigenvalue weighted by molar-refractivity contribution is -0.387. The summed E-state index contributed by atoms with van der Waals surface area (Å²) in [5, 5.41) is 14.2. The highest BCUT2D eigenvalue weighted by Crippen LogP contribution is 2.35. The minimum absolute atomic E-state index is 0.0322. The number of nitrogens with zero attached hydrogens (tertiary/aromatic N) is 2. The summed E-state index contributed by atoms with van der Waals surface area (Å²) in [5.41, 5.74) is 1.13. The summed E-state index contributed by atoms with van der Waals surface area (Å²) in [4.78, 5) is 38.0. The smallest absolute Gasteiger partial charge is 0.284 e. The van der Waals surface area contributed by atoms with Gasteiger partial charge < -0.3 is 10.2 Å². The van der Waals surface area contributed by atoms with Crippen LogP contribution in [0, 0.1) is 17.0 Å². The number of hydrogen-bond donors (Lipinski definition) is 1. The maximum Gasteiger partial charge on any atom is 0.284 e. The molecule has 0 aliphatic heterocycles. The number of likely N-dealkylation sites (N-methyl/N-ethyl adjacent to an activating group) is 1. The molecule has 0 atom stereocenters. The van der Waals surface area contributed by atoms with Crippen molar-refractivity contribution >= 4 is 29.3 Å². The van der Waals surface area contributed by atoms with E-state index in [1.54, 1.807) is 12.1 Å². The zero-order chi connectivity index (χ0) is 20.8. The van der Waals surface area contributed by atoms with Crippen molar-refractivity contribution in [3.05, 3.63) is 63.7 Å². The van der Waals surface area contributed by atoms with E-state index in [0.717, 1.165) is 10.5 Å². The molecule has 2 aromatic rings. The average molecular weight is 401 g/mol. The highest BCUT2D eigenvalue weighted by atomic mass is 32.2. The van der Waals surface area contributed by atoms with Crippen molar-refractivity contribution < 1.29 is 14.5 Å². The molecule has 2 amide bonds. The quantitative estimate of drug-likeness (QED) is 0.565. The van der Waals surface area contributed by atoms with Gasteiger partial charge in [0.15, 0.2) is 0 Å². The maximum atomic E-state index is 12.6. The third-order valence-corrected chi connectivity index (χ3v) is 4.90. The summed E-state index contributed by atoms with van der Waals surface area (Å²) in [7, 11) is 1.49. The van der Waals surface area contributed by atoms with Crippen molar-refractivity contribution in [2.24, 2.45) is 0 Å². The fourth-order valence-corrected chi connectivity index (χ4v) is 3.39. The number of carbonyl (C=O) groups is 2. The van der Waals surface area contributed by atoms with Crippen LogP contribution in [0.2, 0.25) is 0 Å². The molecular formula is C20H23N3O4S. The third-order valence-electron chi connectivity index (χ3n) is 3.83. The molecule has 0 radical (unpaired) electrons. The molecule has 0 bridgehead atoms. The van der Waals surface area contributed by atoms with Gasteiger partial charge in [-0.1, -0.05) is 29.5 Å². The molecule has 2 aromatic carbocycles. The first-order valence-electron chi connectivity index (χ1n) is 8.75. The van der Waals surface area contributed by atoms with Crippen LogP contribution in [-0.2, 0) is 4.79 Å². The first-order chi connectivity index (χ1) is 13.2. The zero-order valence-corrected chi connectivity index (χ0v) is 17.1. The lowest BCUT2D eigenvalue weighted by Crippen LogP contribution is -2.40. The minimum Gasteiger partial charge on any atom is -0.352 e. The van der Waals surface area contributed by atoms with Gasteiger partial charge in [-0.25, -0.2) is 0 Å². The number of aryl methyl sites for hydroxylation is 1. The molecule has 0 fully saturated rings. The van der Waals surface area contributed by atoms with E-state index < -0.39 is 10.8 Å². The number of nitro benzene ring substituents is 1. The molecule has 28 heavy (non-hydrogen) atoms. The fourth-order valence-electron chi connectivity index (χ4n) is 2.49. The van der Waals surface area contributed by atoms with Gasteiger partial charge in [-0.3, -0.25) is 19.7 Å². The second-order valence-electron chi connectivity index (χ2n) is 6.74. The van der Waals surface area contributed by atoms with E-state index in [4.69, 9.17) is 0 Å². The number of rotatable bonds is 7. The molecule has 0 saturated carbocycles. The first-order valence-corrected chi connectivity index (χ1v) is 9.57. The van der Waals surface area contributed by atoms with Crippen molar-refractivity contribution in [3.8, 4) is 0 Å². The maximum absolute atomic E-state index is 12.6. The molecule has 0 saturated heterocycles. The van der Waals surface area contributed by atoms with Crippen molar-refractivity contribution in [1.82, 2.24) is 10.2 Å². The van der Waals surface area contributed by atoms with E-state index in [-0.39, 0.29) is 29.7 Å². The second kappa shape index (κ2) is 9.36. The van der Waals surface area contributed by atoms with E-state index in [1.807, 2.05) is 45.0 Å². The summed E-state index contributed by atoms with van der Waals surface area (Å²) < 4.78 is 0. The number of amides is 2. The predicted octanol–water partition coefficient (Wildman–Crippen LogP) is 3.65. The van der Waals surface area contributed by atoms with Crippen LogP contribution in [0.25, 0.3) is 0 Å². The van der Waals surface area contributed by atoms with Gasteiger partial charge in [-0.15, -0.1) is 0 Å². The van der Waals surface area contributed by atoms with Crippen LogP contribution in [0.4, 0.5) is 5.69 Å². The van der Waals surface area contributed by atoms with Crippen LogP contribution < -0.4 is 5.32 Å². The largest absolute Gasteiger partial charge is 0.352 e. The Bertz CT molecular complexity index is 882. The summed E-state index contributed by atoms with van der Waals surface area (Å²) in [6.07, 6.45) is 0. The van der Waals surface area contributed by atoms with Gasteiger partial charge in [-0.05, 0) is 45.0 Å². The van der Waals surface area contributed by atoms with Gasteiger partial charge in [-0.2, -0.15) is 0 Å². The summed E-state index contributed by atoms with van der Waals surface area (Å²) in [6, 6.07) is 12.0. The zero-order valence-electron chi connectivity index (χ0n) is 16.3. The Kier molecular flexibility index (Phi) is 7.17. The highest BCUT2D eigenvalue weighted by Gasteiger charge is 2.21. The third kappa shape index (κ3) is 5.82. The number of nitrogens with one attached hydrogen (secondary N) is 1. The van der Waals surface area contributed by atoms with Gasteiger partial charge in [0.1, 0.15) is 0 Å². The molecule has 0 aliphatic rings. The lowest BCUT2D eigenvalue weighted by Gasteiger charge is -2.18. The average Bonchev–Trinajstić information content (AvgIpc) is 2.62. The van der Waals surface area contributed by atoms with E-state index in [9.17, 15) is 19.7 Å². The van der Waals surface area contributed by atoms with Crippen LogP contribution in [0.15, 0.2) is 52.3 Å². The first kappa shape index (κ1) is 21.4. The Morgan fingerprint density at radius 2 is 1.82 bits per heavy atom. The predicted molar refractivity (Wildman–Crippen MR) is 109 cm³/mol. The number of benzene rings is 2. The Hall–Kier alpha value is -2.87. The number of hydrogen-bond acceptors (Lipinski definition) is 5. The summed E-state index contributed by atoms with van der Waals surface area (Å²) in [5.74, 6) is -0.735. The summed E-state index contributed by atoms with van der Waals surface area (Å²) in [6.45, 7) is 5.50. The van der Waals surface area contributed by atoms with Gasteiger partial charge in [0, 0.05) is 29.6 Å². The van der Waals surface area contributed by atoms with E-state index in [2.05, 4.69) is 5.32 Å². The second-order valence-corrected chi connectivity index (χ2v) is 7.85. The molecule has 2 rings (SSSR count). The minimum atomic E-state index is -0.501. The molecule has 0 heterocycles. The fraction of sp³-hybridized carbons (Fsp3) is 0.300. The molecule has 7 nitrogen and oxygen atoms in total. The Morgan fingerprint density at radius 1 is 1.18 bits per heavy atom. The van der Waals surface area contributed by atoms with Crippen LogP contribution in [0.1, 0.15) is 29.8 Å². The van der Waals surface area contributed by atoms with Crippen molar-refractivity contribution in [3.63, 3.8) is 0 Å². The molecule has 0 aromatic heterocycles. The Balaban J connectivity index is 2.21. The topological polar surface area (TPSA) is 92.6 Å². The van der Waals surface area contributed by atoms with Crippen LogP contribution in [-0.4, -0.2) is 41.3 Å². The van der Waals surface area contributed by atoms with Gasteiger partial charge in [0.25, 0.3) is 11.6 Å². The van der Waals surface area contributed by atoms with Gasteiger partial charge in [0.05, 0.1) is 16.4 Å². The number of carbonyl (C=O) groups excluding carboxylic acids is 2. The van der Waals surface area contributed by atoms with Crippen molar-refractivity contribution in [1.29, 1.82) is 0 Å². The van der Waals surface area contributed by atoms with E-state index in [1.165, 1.54) is 29.8 Å². The Labute approximate surface area is 168 Å². The molecule has 8 heteroatoms. The van der Waals surface area contributed by atoms with Crippen LogP contribution >= 0.6 is 11.8 Å². The Morgan fingerprint density at radius 3 is 2.39 bits per heavy atom. The highest BCUT2D eigenvalue weighted by molar-refractivity contribution is 7.99. The van der Waals surface area contributed by atoms with Gasteiger partial charge >= 0.3 is 0 Å². The van der Waals surface area contributed by atoms with Crippen LogP contribution in [0.3, 0.4) is 0 Å². The number of nitro groups is 1. The van der Waals surface area contributed by atoms with Crippen LogP contribution in [0.5, 0.6) is 0 Å². The molecule has 148 valence electrons. The van der Waals surface area contributed by atoms with Crippen molar-refractivity contribution in [2.75, 3.05) is 13.6 Å². The molecular weight excluding hydrogens is 378 g/mol. The van der Waals surface area contributed by atoms with Gasteiger partial charge in [0.2, 0.25) is 5.91 Å². The molecule has 0 aliphatic carbocycles. The molecule has 0 spiro atoms. The standard InChI is InChI=1S/C20H23N3O4S/c1-13(2)21-19(24)12-22(4)20(25)15-7-10-18(17(11-15)23(26)27)28-16-8-5-14(3)6-9-16/h5-11,13H,12H2,1-4H3,(H,21,24). The van der Waals surface area contributed by atoms with E-state index >= 15 is 0 Å². The normalized spacial score (nSPS) is 10.6. The SMILES string of the molecule is Cc1ccc(Sc2ccc(C(=O)N(C)CC(=O)NC(C)C)cc2[N+](=O)[O-])cc1. The monoisotopic (exact) mass is 401 g/mol. The van der Waals surface area contributed by atoms with E-state index in [0.29, 0.717) is 4.90 Å². The molecule has 0 unspecified atom stereocenters. The van der Waals surface area contributed by atoms with Crippen molar-refractivity contribution in [2.45, 2.75) is 36.6 Å². The molecule has 1 N–H and O–H groups in total.